The number of nitrogens with zero attached hydrogens (tertiary/aromatic N) is 4. The van der Waals surface area contributed by atoms with Crippen molar-refractivity contribution in [1.82, 2.24) is 20.2 Å². The third kappa shape index (κ3) is 1.85. The van der Waals surface area contributed by atoms with Crippen LogP contribution in [0.4, 0.5) is 5.95 Å². The maximum absolute atomic E-state index is 11.8. The Morgan fingerprint density at radius 3 is 2.47 bits per heavy atom. The number of carboxylic acids is 1. The molecule has 2 atom stereocenters. The van der Waals surface area contributed by atoms with E-state index in [2.05, 4.69) is 20.7 Å². The minimum absolute atomic E-state index is 0.0874. The van der Waals surface area contributed by atoms with Crippen LogP contribution in [0.3, 0.4) is 0 Å². The quantitative estimate of drug-likeness (QED) is 0.736. The fourth-order valence-corrected chi connectivity index (χ4v) is 2.11. The van der Waals surface area contributed by atoms with E-state index in [1.807, 2.05) is 0 Å². The highest BCUT2D eigenvalue weighted by atomic mass is 16.4. The number of aryl methyl sites for hydroxylation is 1. The molecule has 0 saturated heterocycles. The highest BCUT2D eigenvalue weighted by Gasteiger charge is 2.66. The van der Waals surface area contributed by atoms with Crippen LogP contribution >= 0.6 is 0 Å². The molecule has 1 fully saturated rings. The Kier molecular flexibility index (Phi) is 2.37. The first-order chi connectivity index (χ1) is 7.84. The Hall–Kier alpha value is -1.99. The van der Waals surface area contributed by atoms with Crippen LogP contribution in [0, 0.1) is 17.3 Å². The fraction of sp³-hybridized carbons (Fsp3) is 0.667. The number of rotatable bonds is 3. The molecule has 0 bridgehead atoms. The van der Waals surface area contributed by atoms with Crippen molar-refractivity contribution in [2.45, 2.75) is 13.8 Å². The minimum atomic E-state index is -0.956. The summed E-state index contributed by atoms with van der Waals surface area (Å²) in [5.41, 5.74) is -0.530. The van der Waals surface area contributed by atoms with Crippen LogP contribution in [0.2, 0.25) is 0 Å². The molecule has 1 aromatic rings. The predicted octanol–water partition coefficient (Wildman–Crippen LogP) is -0.495. The van der Waals surface area contributed by atoms with Gasteiger partial charge in [-0.05, 0) is 10.6 Å². The summed E-state index contributed by atoms with van der Waals surface area (Å²) >= 11 is 0. The Morgan fingerprint density at radius 2 is 2.06 bits per heavy atom. The minimum Gasteiger partial charge on any atom is -0.481 e. The van der Waals surface area contributed by atoms with E-state index in [1.165, 1.54) is 4.80 Å². The third-order valence-corrected chi connectivity index (χ3v) is 3.12. The van der Waals surface area contributed by atoms with Crippen molar-refractivity contribution in [3.63, 3.8) is 0 Å². The molecule has 1 aromatic heterocycles. The molecule has 8 nitrogen and oxygen atoms in total. The molecule has 1 heterocycles. The Morgan fingerprint density at radius 1 is 1.41 bits per heavy atom. The van der Waals surface area contributed by atoms with E-state index in [4.69, 9.17) is 5.11 Å². The molecular formula is C9H13N5O3. The third-order valence-electron chi connectivity index (χ3n) is 3.12. The van der Waals surface area contributed by atoms with Crippen molar-refractivity contribution in [1.29, 1.82) is 0 Å². The maximum Gasteiger partial charge on any atom is 0.307 e. The number of carboxylic acid groups (broad SMARTS) is 1. The van der Waals surface area contributed by atoms with Crippen LogP contribution in [0.25, 0.3) is 0 Å². The summed E-state index contributed by atoms with van der Waals surface area (Å²) in [6.07, 6.45) is 0. The molecule has 92 valence electrons. The average molecular weight is 239 g/mol. The standard InChI is InChI=1S/C9H13N5O3/c1-9(2)4(5(9)7(16)17)6(15)10-8-11-13-14(3)12-8/h4-5H,1-3H3,(H,16,17)(H,10,12,15). The van der Waals surface area contributed by atoms with Crippen LogP contribution in [0.1, 0.15) is 13.8 Å². The summed E-state index contributed by atoms with van der Waals surface area (Å²) in [7, 11) is 1.57. The van der Waals surface area contributed by atoms with Gasteiger partial charge in [0, 0.05) is 0 Å². The Balaban J connectivity index is 2.05. The number of amides is 1. The molecule has 1 saturated carbocycles. The number of aromatic nitrogens is 4. The summed E-state index contributed by atoms with van der Waals surface area (Å²) in [5, 5.41) is 22.4. The Labute approximate surface area is 97.0 Å². The summed E-state index contributed by atoms with van der Waals surface area (Å²) in [6.45, 7) is 3.50. The lowest BCUT2D eigenvalue weighted by atomic mass is 10.1. The normalized spacial score (nSPS) is 25.4. The Bertz CT molecular complexity index is 481. The van der Waals surface area contributed by atoms with Crippen LogP contribution in [0.15, 0.2) is 0 Å². The van der Waals surface area contributed by atoms with E-state index in [9.17, 15) is 9.59 Å². The van der Waals surface area contributed by atoms with Gasteiger partial charge in [-0.15, -0.1) is 5.10 Å². The van der Waals surface area contributed by atoms with E-state index in [0.29, 0.717) is 0 Å². The molecule has 0 aliphatic heterocycles. The molecule has 0 aromatic carbocycles. The van der Waals surface area contributed by atoms with Crippen molar-refractivity contribution in [3.05, 3.63) is 0 Å². The summed E-state index contributed by atoms with van der Waals surface area (Å²) in [4.78, 5) is 24.0. The van der Waals surface area contributed by atoms with Gasteiger partial charge in [0.05, 0.1) is 18.9 Å². The number of carbonyl (C=O) groups is 2. The lowest BCUT2D eigenvalue weighted by molar-refractivity contribution is -0.140. The van der Waals surface area contributed by atoms with Crippen LogP contribution in [0.5, 0.6) is 0 Å². The van der Waals surface area contributed by atoms with Gasteiger partial charge in [-0.1, -0.05) is 18.9 Å². The maximum atomic E-state index is 11.8. The fourth-order valence-electron chi connectivity index (χ4n) is 2.11. The second kappa shape index (κ2) is 3.51. The van der Waals surface area contributed by atoms with Gasteiger partial charge < -0.3 is 5.11 Å². The van der Waals surface area contributed by atoms with E-state index >= 15 is 0 Å². The molecule has 0 spiro atoms. The van der Waals surface area contributed by atoms with Crippen LogP contribution in [-0.2, 0) is 16.6 Å². The number of hydrogen-bond donors (Lipinski definition) is 2. The number of carbonyl (C=O) groups excluding carboxylic acids is 1. The molecule has 8 heteroatoms. The second-order valence-corrected chi connectivity index (χ2v) is 4.71. The summed E-state index contributed by atoms with van der Waals surface area (Å²) < 4.78 is 0. The van der Waals surface area contributed by atoms with Crippen molar-refractivity contribution in [2.24, 2.45) is 24.3 Å². The zero-order chi connectivity index (χ0) is 12.8. The van der Waals surface area contributed by atoms with Crippen LogP contribution < -0.4 is 5.32 Å². The zero-order valence-corrected chi connectivity index (χ0v) is 9.71. The van der Waals surface area contributed by atoms with Crippen molar-refractivity contribution in [3.8, 4) is 0 Å². The van der Waals surface area contributed by atoms with E-state index < -0.39 is 23.2 Å². The molecule has 0 radical (unpaired) electrons. The number of anilines is 1. The number of aliphatic carboxylic acids is 1. The van der Waals surface area contributed by atoms with Gasteiger partial charge in [-0.2, -0.15) is 4.80 Å². The first-order valence-electron chi connectivity index (χ1n) is 5.11. The summed E-state index contributed by atoms with van der Waals surface area (Å²) in [6, 6.07) is 0. The van der Waals surface area contributed by atoms with E-state index in [0.717, 1.165) is 0 Å². The van der Waals surface area contributed by atoms with E-state index in [1.54, 1.807) is 20.9 Å². The van der Waals surface area contributed by atoms with Crippen LogP contribution in [-0.4, -0.2) is 37.2 Å². The van der Waals surface area contributed by atoms with Gasteiger partial charge in [0.1, 0.15) is 0 Å². The SMILES string of the molecule is Cn1nnc(NC(=O)C2C(C(=O)O)C2(C)C)n1. The van der Waals surface area contributed by atoms with Crippen molar-refractivity contribution >= 4 is 17.8 Å². The van der Waals surface area contributed by atoms with Crippen molar-refractivity contribution in [2.75, 3.05) is 5.32 Å². The number of hydrogen-bond acceptors (Lipinski definition) is 5. The van der Waals surface area contributed by atoms with Gasteiger partial charge in [-0.3, -0.25) is 14.9 Å². The molecule has 1 amide bonds. The van der Waals surface area contributed by atoms with Gasteiger partial charge >= 0.3 is 5.97 Å². The predicted molar refractivity (Wildman–Crippen MR) is 55.8 cm³/mol. The number of nitrogens with one attached hydrogen (secondary N) is 1. The van der Waals surface area contributed by atoms with Gasteiger partial charge in [0.25, 0.3) is 5.95 Å². The largest absolute Gasteiger partial charge is 0.481 e. The number of tetrazole rings is 1. The monoisotopic (exact) mass is 239 g/mol. The molecule has 2 rings (SSSR count). The molecule has 1 aliphatic carbocycles. The lowest BCUT2D eigenvalue weighted by Crippen LogP contribution is -2.18. The highest BCUT2D eigenvalue weighted by Crippen LogP contribution is 2.58. The molecule has 2 unspecified atom stereocenters. The van der Waals surface area contributed by atoms with Gasteiger partial charge in [-0.25, -0.2) is 0 Å². The smallest absolute Gasteiger partial charge is 0.307 e. The second-order valence-electron chi connectivity index (χ2n) is 4.71. The lowest BCUT2D eigenvalue weighted by Gasteiger charge is -2.00. The first-order valence-corrected chi connectivity index (χ1v) is 5.11. The molecular weight excluding hydrogens is 226 g/mol. The first kappa shape index (κ1) is 11.5. The summed E-state index contributed by atoms with van der Waals surface area (Å²) in [5.74, 6) is -2.45. The average Bonchev–Trinajstić information content (AvgIpc) is 2.54. The topological polar surface area (TPSA) is 110 Å². The van der Waals surface area contributed by atoms with Crippen molar-refractivity contribution < 1.29 is 14.7 Å². The zero-order valence-electron chi connectivity index (χ0n) is 9.71. The van der Waals surface area contributed by atoms with E-state index in [-0.39, 0.29) is 11.9 Å². The molecule has 1 aliphatic rings. The van der Waals surface area contributed by atoms with Gasteiger partial charge in [0.2, 0.25) is 5.91 Å². The molecule has 2 N–H and O–H groups in total. The molecule has 17 heavy (non-hydrogen) atoms. The van der Waals surface area contributed by atoms with Gasteiger partial charge in [0.15, 0.2) is 0 Å². The highest BCUT2D eigenvalue weighted by molar-refractivity contribution is 5.98.